The summed E-state index contributed by atoms with van der Waals surface area (Å²) < 4.78 is 16.1. The predicted octanol–water partition coefficient (Wildman–Crippen LogP) is 2.51. The van der Waals surface area contributed by atoms with Crippen molar-refractivity contribution < 1.29 is 23.8 Å². The van der Waals surface area contributed by atoms with Crippen molar-refractivity contribution in [2.24, 2.45) is 0 Å². The second-order valence-corrected chi connectivity index (χ2v) is 6.46. The molecule has 2 aromatic rings. The zero-order valence-electron chi connectivity index (χ0n) is 15.2. The molecule has 0 bridgehead atoms. The van der Waals surface area contributed by atoms with Crippen LogP contribution in [0.3, 0.4) is 0 Å². The summed E-state index contributed by atoms with van der Waals surface area (Å²) in [6.07, 6.45) is 0.803. The van der Waals surface area contributed by atoms with E-state index in [-0.39, 0.29) is 25.2 Å². The summed E-state index contributed by atoms with van der Waals surface area (Å²) in [5.41, 5.74) is 1.22. The van der Waals surface area contributed by atoms with Crippen LogP contribution >= 0.6 is 0 Å². The molecule has 2 atom stereocenters. The molecule has 6 nitrogen and oxygen atoms in total. The molecule has 1 aliphatic rings. The third-order valence-electron chi connectivity index (χ3n) is 4.23. The van der Waals surface area contributed by atoms with Gasteiger partial charge in [-0.3, -0.25) is 4.79 Å². The van der Waals surface area contributed by atoms with E-state index in [0.717, 1.165) is 12.8 Å². The molecule has 0 radical (unpaired) electrons. The van der Waals surface area contributed by atoms with E-state index < -0.39 is 12.1 Å². The maximum absolute atomic E-state index is 12.1. The van der Waals surface area contributed by atoms with Crippen molar-refractivity contribution in [1.82, 2.24) is 5.32 Å². The minimum atomic E-state index is -0.872. The Bertz CT molecular complexity index is 777. The molecule has 0 saturated carbocycles. The Morgan fingerprint density at radius 3 is 2.59 bits per heavy atom. The van der Waals surface area contributed by atoms with Gasteiger partial charge >= 0.3 is 5.97 Å². The molecule has 27 heavy (non-hydrogen) atoms. The van der Waals surface area contributed by atoms with Crippen LogP contribution in [0.4, 0.5) is 0 Å². The number of rotatable bonds is 7. The van der Waals surface area contributed by atoms with E-state index in [1.165, 1.54) is 5.56 Å². The first-order chi connectivity index (χ1) is 13.1. The van der Waals surface area contributed by atoms with Crippen molar-refractivity contribution in [2.75, 3.05) is 13.2 Å². The van der Waals surface area contributed by atoms with E-state index in [9.17, 15) is 9.59 Å². The molecule has 2 aromatic carbocycles. The normalized spacial score (nSPS) is 16.3. The van der Waals surface area contributed by atoms with E-state index in [4.69, 9.17) is 14.2 Å². The first-order valence-electron chi connectivity index (χ1n) is 9.00. The summed E-state index contributed by atoms with van der Waals surface area (Å²) in [5.74, 6) is 0.133. The molecule has 3 rings (SSSR count). The molecule has 0 spiro atoms. The Labute approximate surface area is 158 Å². The van der Waals surface area contributed by atoms with Crippen molar-refractivity contribution in [3.63, 3.8) is 0 Å². The van der Waals surface area contributed by atoms with Gasteiger partial charge in [-0.25, -0.2) is 4.79 Å². The Hall–Kier alpha value is -3.02. The number of amides is 1. The fourth-order valence-electron chi connectivity index (χ4n) is 2.78. The number of carbonyl (C=O) groups is 2. The molecular formula is C21H23NO5. The highest BCUT2D eigenvalue weighted by molar-refractivity contribution is 5.82. The number of ether oxygens (including phenoxy) is 3. The lowest BCUT2D eigenvalue weighted by Crippen LogP contribution is -2.41. The number of esters is 1. The Morgan fingerprint density at radius 2 is 1.81 bits per heavy atom. The second kappa shape index (κ2) is 9.07. The molecule has 142 valence electrons. The zero-order valence-corrected chi connectivity index (χ0v) is 15.2. The topological polar surface area (TPSA) is 73.9 Å². The summed E-state index contributed by atoms with van der Waals surface area (Å²) in [5, 5.41) is 2.84. The summed E-state index contributed by atoms with van der Waals surface area (Å²) in [6, 6.07) is 17.2. The number of carbonyl (C=O) groups excluding carboxylic acids is 2. The molecule has 0 saturated heterocycles. The second-order valence-electron chi connectivity index (χ2n) is 6.46. The average Bonchev–Trinajstić information content (AvgIpc) is 2.71. The lowest BCUT2D eigenvalue weighted by Gasteiger charge is -2.24. The Balaban J connectivity index is 1.38. The lowest BCUT2D eigenvalue weighted by atomic mass is 10.1. The van der Waals surface area contributed by atoms with Gasteiger partial charge < -0.3 is 19.5 Å². The van der Waals surface area contributed by atoms with Crippen molar-refractivity contribution in [3.8, 4) is 11.5 Å². The fourth-order valence-corrected chi connectivity index (χ4v) is 2.78. The van der Waals surface area contributed by atoms with Crippen LogP contribution in [0.15, 0.2) is 54.6 Å². The van der Waals surface area contributed by atoms with Crippen LogP contribution in [0.2, 0.25) is 0 Å². The third kappa shape index (κ3) is 5.48. The van der Waals surface area contributed by atoms with Gasteiger partial charge in [0.1, 0.15) is 6.61 Å². The number of hydrogen-bond acceptors (Lipinski definition) is 5. The van der Waals surface area contributed by atoms with Gasteiger partial charge in [-0.2, -0.15) is 0 Å². The van der Waals surface area contributed by atoms with Gasteiger partial charge in [0.25, 0.3) is 5.91 Å². The molecule has 1 amide bonds. The molecular weight excluding hydrogens is 346 g/mol. The first-order valence-corrected chi connectivity index (χ1v) is 9.00. The minimum absolute atomic E-state index is 0.0162. The van der Waals surface area contributed by atoms with Crippen LogP contribution in [-0.4, -0.2) is 37.2 Å². The van der Waals surface area contributed by atoms with E-state index in [0.29, 0.717) is 11.5 Å². The van der Waals surface area contributed by atoms with Crippen LogP contribution in [0.25, 0.3) is 0 Å². The largest absolute Gasteiger partial charge is 0.485 e. The monoisotopic (exact) mass is 369 g/mol. The average molecular weight is 369 g/mol. The standard InChI is InChI=1S/C21H23NO5/c1-15(11-12-16-7-3-2-4-8-16)22-20(23)14-26-21(24)19-13-25-17-9-5-6-10-18(17)27-19/h2-10,15,19H,11-14H2,1H3,(H,22,23)/t15-,19-/m1/s1. The summed E-state index contributed by atoms with van der Waals surface area (Å²) in [7, 11) is 0. The van der Waals surface area contributed by atoms with Crippen molar-refractivity contribution in [2.45, 2.75) is 31.9 Å². The van der Waals surface area contributed by atoms with Gasteiger partial charge in [0.05, 0.1) is 0 Å². The number of aryl methyl sites for hydroxylation is 1. The van der Waals surface area contributed by atoms with E-state index in [2.05, 4.69) is 17.4 Å². The molecule has 0 fully saturated rings. The molecule has 1 aliphatic heterocycles. The molecule has 1 heterocycles. The SMILES string of the molecule is C[C@H](CCc1ccccc1)NC(=O)COC(=O)[C@H]1COc2ccccc2O1. The highest BCUT2D eigenvalue weighted by Gasteiger charge is 2.29. The fraction of sp³-hybridized carbons (Fsp3) is 0.333. The van der Waals surface area contributed by atoms with Crippen molar-refractivity contribution in [3.05, 3.63) is 60.2 Å². The highest BCUT2D eigenvalue weighted by atomic mass is 16.6. The van der Waals surface area contributed by atoms with Crippen LogP contribution < -0.4 is 14.8 Å². The van der Waals surface area contributed by atoms with Crippen LogP contribution in [0.1, 0.15) is 18.9 Å². The molecule has 0 unspecified atom stereocenters. The van der Waals surface area contributed by atoms with Gasteiger partial charge in [0, 0.05) is 6.04 Å². The van der Waals surface area contributed by atoms with Crippen LogP contribution in [0, 0.1) is 0 Å². The van der Waals surface area contributed by atoms with Gasteiger partial charge in [-0.1, -0.05) is 42.5 Å². The molecule has 0 aliphatic carbocycles. The first kappa shape index (κ1) is 18.8. The molecule has 1 N–H and O–H groups in total. The smallest absolute Gasteiger partial charge is 0.351 e. The summed E-state index contributed by atoms with van der Waals surface area (Å²) >= 11 is 0. The maximum atomic E-state index is 12.1. The van der Waals surface area contributed by atoms with Crippen molar-refractivity contribution in [1.29, 1.82) is 0 Å². The number of nitrogens with one attached hydrogen (secondary N) is 1. The number of hydrogen-bond donors (Lipinski definition) is 1. The van der Waals surface area contributed by atoms with Gasteiger partial charge in [-0.05, 0) is 37.5 Å². The predicted molar refractivity (Wildman–Crippen MR) is 99.7 cm³/mol. The molecule has 0 aromatic heterocycles. The zero-order chi connectivity index (χ0) is 19.1. The maximum Gasteiger partial charge on any atom is 0.351 e. The number of benzene rings is 2. The van der Waals surface area contributed by atoms with Gasteiger partial charge in [-0.15, -0.1) is 0 Å². The third-order valence-corrected chi connectivity index (χ3v) is 4.23. The number of fused-ring (bicyclic) bond motifs is 1. The van der Waals surface area contributed by atoms with Crippen LogP contribution in [0.5, 0.6) is 11.5 Å². The lowest BCUT2D eigenvalue weighted by molar-refractivity contribution is -0.157. The highest BCUT2D eigenvalue weighted by Crippen LogP contribution is 2.31. The van der Waals surface area contributed by atoms with E-state index in [1.54, 1.807) is 18.2 Å². The summed E-state index contributed by atoms with van der Waals surface area (Å²) in [4.78, 5) is 24.1. The van der Waals surface area contributed by atoms with Gasteiger partial charge in [0.2, 0.25) is 6.10 Å². The molecule has 6 heteroatoms. The van der Waals surface area contributed by atoms with Gasteiger partial charge in [0.15, 0.2) is 18.1 Å². The Morgan fingerprint density at radius 1 is 1.11 bits per heavy atom. The number of para-hydroxylation sites is 2. The quantitative estimate of drug-likeness (QED) is 0.759. The minimum Gasteiger partial charge on any atom is -0.485 e. The summed E-state index contributed by atoms with van der Waals surface area (Å²) in [6.45, 7) is 1.65. The Kier molecular flexibility index (Phi) is 6.30. The van der Waals surface area contributed by atoms with Crippen molar-refractivity contribution >= 4 is 11.9 Å². The van der Waals surface area contributed by atoms with E-state index in [1.807, 2.05) is 31.2 Å². The van der Waals surface area contributed by atoms with Crippen LogP contribution in [-0.2, 0) is 20.7 Å². The van der Waals surface area contributed by atoms with E-state index >= 15 is 0 Å².